The topological polar surface area (TPSA) is 23.5 Å². The molecule has 2 rings (SSSR count). The van der Waals surface area contributed by atoms with Crippen LogP contribution in [0.2, 0.25) is 0 Å². The number of rotatable bonds is 3. The van der Waals surface area contributed by atoms with E-state index in [9.17, 15) is 13.9 Å². The van der Waals surface area contributed by atoms with Gasteiger partial charge < -0.3 is 10.0 Å². The largest absolute Gasteiger partial charge is 0.392 e. The van der Waals surface area contributed by atoms with E-state index in [1.54, 1.807) is 6.07 Å². The summed E-state index contributed by atoms with van der Waals surface area (Å²) in [4.78, 5) is 2.17. The Hall–Kier alpha value is -1.00. The minimum absolute atomic E-state index is 0.274. The van der Waals surface area contributed by atoms with Gasteiger partial charge in [0.25, 0.3) is 0 Å². The predicted octanol–water partition coefficient (Wildman–Crippen LogP) is 2.21. The first-order valence-electron chi connectivity index (χ1n) is 6.40. The normalized spacial score (nSPS) is 25.3. The van der Waals surface area contributed by atoms with Gasteiger partial charge in [-0.1, -0.05) is 13.0 Å². The molecule has 1 heterocycles. The molecule has 18 heavy (non-hydrogen) atoms. The van der Waals surface area contributed by atoms with Gasteiger partial charge in [-0.3, -0.25) is 0 Å². The fourth-order valence-corrected chi connectivity index (χ4v) is 2.30. The summed E-state index contributed by atoms with van der Waals surface area (Å²) in [6.07, 6.45) is 1.39. The van der Waals surface area contributed by atoms with Crippen LogP contribution in [-0.4, -0.2) is 35.7 Å². The lowest BCUT2D eigenvalue weighted by atomic mass is 9.96. The summed E-state index contributed by atoms with van der Waals surface area (Å²) in [6.45, 7) is 4.46. The molecule has 0 aromatic heterocycles. The van der Waals surface area contributed by atoms with E-state index in [0.717, 1.165) is 31.1 Å². The van der Waals surface area contributed by atoms with Crippen LogP contribution >= 0.6 is 0 Å². The molecule has 1 aliphatic rings. The maximum Gasteiger partial charge on any atom is 0.159 e. The minimum atomic E-state index is -0.805. The second kappa shape index (κ2) is 5.76. The molecular formula is C14H19F2NO. The zero-order valence-corrected chi connectivity index (χ0v) is 10.6. The molecular weight excluding hydrogens is 236 g/mol. The third-order valence-corrected chi connectivity index (χ3v) is 3.70. The van der Waals surface area contributed by atoms with Crippen LogP contribution in [0.4, 0.5) is 8.78 Å². The molecule has 1 saturated heterocycles. The van der Waals surface area contributed by atoms with Crippen molar-refractivity contribution in [1.82, 2.24) is 4.90 Å². The second-order valence-corrected chi connectivity index (χ2v) is 5.13. The number of hydrogen-bond donors (Lipinski definition) is 1. The van der Waals surface area contributed by atoms with Crippen LogP contribution in [-0.2, 0) is 6.42 Å². The van der Waals surface area contributed by atoms with Gasteiger partial charge in [-0.15, -0.1) is 0 Å². The molecule has 0 amide bonds. The van der Waals surface area contributed by atoms with Gasteiger partial charge in [0.1, 0.15) is 0 Å². The minimum Gasteiger partial charge on any atom is -0.392 e. The van der Waals surface area contributed by atoms with E-state index in [4.69, 9.17) is 0 Å². The molecule has 1 N–H and O–H groups in total. The van der Waals surface area contributed by atoms with Gasteiger partial charge in [-0.25, -0.2) is 8.78 Å². The van der Waals surface area contributed by atoms with Crippen LogP contribution in [0.5, 0.6) is 0 Å². The van der Waals surface area contributed by atoms with Crippen LogP contribution < -0.4 is 0 Å². The first-order valence-corrected chi connectivity index (χ1v) is 6.40. The van der Waals surface area contributed by atoms with Gasteiger partial charge in [-0.2, -0.15) is 0 Å². The number of aliphatic hydroxyl groups excluding tert-OH is 1. The van der Waals surface area contributed by atoms with Gasteiger partial charge in [0.05, 0.1) is 6.10 Å². The first-order chi connectivity index (χ1) is 8.56. The third-order valence-electron chi connectivity index (χ3n) is 3.70. The van der Waals surface area contributed by atoms with Gasteiger partial charge in [0, 0.05) is 13.1 Å². The number of aliphatic hydroxyl groups is 1. The lowest BCUT2D eigenvalue weighted by Gasteiger charge is -2.34. The van der Waals surface area contributed by atoms with Gasteiger partial charge in [0.2, 0.25) is 0 Å². The van der Waals surface area contributed by atoms with Gasteiger partial charge >= 0.3 is 0 Å². The zero-order valence-electron chi connectivity index (χ0n) is 10.6. The molecule has 1 fully saturated rings. The molecule has 2 atom stereocenters. The lowest BCUT2D eigenvalue weighted by Crippen LogP contribution is -2.43. The van der Waals surface area contributed by atoms with E-state index in [1.165, 1.54) is 6.07 Å². The Bertz CT molecular complexity index is 411. The zero-order chi connectivity index (χ0) is 13.1. The average Bonchev–Trinajstić information content (AvgIpc) is 2.35. The fourth-order valence-electron chi connectivity index (χ4n) is 2.30. The Kier molecular flexibility index (Phi) is 4.30. The highest BCUT2D eigenvalue weighted by Gasteiger charge is 2.23. The Labute approximate surface area is 106 Å². The summed E-state index contributed by atoms with van der Waals surface area (Å²) in [6, 6.07) is 4.03. The lowest BCUT2D eigenvalue weighted by molar-refractivity contribution is 0.0298. The smallest absolute Gasteiger partial charge is 0.159 e. The van der Waals surface area contributed by atoms with Gasteiger partial charge in [-0.05, 0) is 43.0 Å². The highest BCUT2D eigenvalue weighted by atomic mass is 19.2. The first kappa shape index (κ1) is 13.4. The Morgan fingerprint density at radius 2 is 2.11 bits per heavy atom. The highest BCUT2D eigenvalue weighted by Crippen LogP contribution is 2.17. The summed E-state index contributed by atoms with van der Waals surface area (Å²) >= 11 is 0. The molecule has 100 valence electrons. The van der Waals surface area contributed by atoms with Crippen LogP contribution in [0.1, 0.15) is 18.9 Å². The van der Waals surface area contributed by atoms with E-state index >= 15 is 0 Å². The summed E-state index contributed by atoms with van der Waals surface area (Å²) in [5, 5.41) is 9.77. The maximum atomic E-state index is 13.0. The molecule has 2 unspecified atom stereocenters. The highest BCUT2D eigenvalue weighted by molar-refractivity contribution is 5.18. The third kappa shape index (κ3) is 3.27. The van der Waals surface area contributed by atoms with Crippen LogP contribution in [0.3, 0.4) is 0 Å². The van der Waals surface area contributed by atoms with Crippen molar-refractivity contribution in [3.63, 3.8) is 0 Å². The quantitative estimate of drug-likeness (QED) is 0.895. The number of nitrogens with zero attached hydrogens (tertiary/aromatic N) is 1. The second-order valence-electron chi connectivity index (χ2n) is 5.13. The molecule has 1 aliphatic heterocycles. The van der Waals surface area contributed by atoms with E-state index in [2.05, 4.69) is 11.8 Å². The Morgan fingerprint density at radius 3 is 2.78 bits per heavy atom. The number of piperidine rings is 1. The summed E-state index contributed by atoms with van der Waals surface area (Å²) < 4.78 is 25.8. The van der Waals surface area contributed by atoms with Gasteiger partial charge in [0.15, 0.2) is 11.6 Å². The van der Waals surface area contributed by atoms with E-state index < -0.39 is 11.6 Å². The number of halogens is 2. The maximum absolute atomic E-state index is 13.0. The van der Waals surface area contributed by atoms with Crippen molar-refractivity contribution in [1.29, 1.82) is 0 Å². The molecule has 1 aromatic rings. The number of β-amino-alcohol motifs (C(OH)–C–C–N with tert-alkyl or cyclic N) is 1. The van der Waals surface area contributed by atoms with Crippen molar-refractivity contribution in [3.05, 3.63) is 35.4 Å². The van der Waals surface area contributed by atoms with Crippen molar-refractivity contribution in [2.75, 3.05) is 19.6 Å². The standard InChI is InChI=1S/C14H19F2NO/c1-10-4-6-17(9-14(10)18)7-5-11-2-3-12(15)13(16)8-11/h2-3,8,10,14,18H,4-7,9H2,1H3. The number of benzene rings is 1. The molecule has 4 heteroatoms. The van der Waals surface area contributed by atoms with Crippen LogP contribution in [0.15, 0.2) is 18.2 Å². The fraction of sp³-hybridized carbons (Fsp3) is 0.571. The average molecular weight is 255 g/mol. The Balaban J connectivity index is 1.86. The van der Waals surface area contributed by atoms with Crippen molar-refractivity contribution in [3.8, 4) is 0 Å². The molecule has 0 radical (unpaired) electrons. The van der Waals surface area contributed by atoms with E-state index in [-0.39, 0.29) is 6.10 Å². The van der Waals surface area contributed by atoms with Crippen molar-refractivity contribution in [2.45, 2.75) is 25.9 Å². The summed E-state index contributed by atoms with van der Waals surface area (Å²) in [5.41, 5.74) is 0.794. The van der Waals surface area contributed by atoms with Crippen LogP contribution in [0.25, 0.3) is 0 Å². The Morgan fingerprint density at radius 1 is 1.33 bits per heavy atom. The monoisotopic (exact) mass is 255 g/mol. The molecule has 0 spiro atoms. The number of hydrogen-bond acceptors (Lipinski definition) is 2. The summed E-state index contributed by atoms with van der Waals surface area (Å²) in [5.74, 6) is -1.25. The SMILES string of the molecule is CC1CCN(CCc2ccc(F)c(F)c2)CC1O. The summed E-state index contributed by atoms with van der Waals surface area (Å²) in [7, 11) is 0. The number of likely N-dealkylation sites (tertiary alicyclic amines) is 1. The van der Waals surface area contributed by atoms with E-state index in [0.29, 0.717) is 18.9 Å². The van der Waals surface area contributed by atoms with E-state index in [1.807, 2.05) is 0 Å². The molecule has 0 aliphatic carbocycles. The molecule has 2 nitrogen and oxygen atoms in total. The van der Waals surface area contributed by atoms with Crippen molar-refractivity contribution < 1.29 is 13.9 Å². The molecule has 1 aromatic carbocycles. The molecule has 0 saturated carbocycles. The predicted molar refractivity (Wildman–Crippen MR) is 66.3 cm³/mol. The molecule has 0 bridgehead atoms. The van der Waals surface area contributed by atoms with Crippen molar-refractivity contribution >= 4 is 0 Å². The van der Waals surface area contributed by atoms with Crippen molar-refractivity contribution in [2.24, 2.45) is 5.92 Å². The van der Waals surface area contributed by atoms with Crippen LogP contribution in [0, 0.1) is 17.6 Å².